The number of benzene rings is 4. The van der Waals surface area contributed by atoms with E-state index < -0.39 is 10.0 Å². The summed E-state index contributed by atoms with van der Waals surface area (Å²) in [6.45, 7) is 3.72. The molecular weight excluding hydrogens is 518 g/mol. The van der Waals surface area contributed by atoms with Crippen LogP contribution in [0.1, 0.15) is 12.5 Å². The van der Waals surface area contributed by atoms with Crippen molar-refractivity contribution >= 4 is 50.2 Å². The molecule has 0 aliphatic carbocycles. The van der Waals surface area contributed by atoms with Crippen molar-refractivity contribution in [2.75, 3.05) is 10.0 Å². The molecular formula is C29H25N3O4S2. The molecule has 0 fully saturated rings. The van der Waals surface area contributed by atoms with E-state index in [1.54, 1.807) is 48.5 Å². The number of hydrogen-bond donors (Lipinski definition) is 2. The molecule has 0 bridgehead atoms. The zero-order valence-electron chi connectivity index (χ0n) is 20.7. The largest absolute Gasteiger partial charge is 0.436 e. The van der Waals surface area contributed by atoms with Crippen LogP contribution >= 0.6 is 11.8 Å². The van der Waals surface area contributed by atoms with Gasteiger partial charge in [-0.25, -0.2) is 13.4 Å². The van der Waals surface area contributed by atoms with Gasteiger partial charge in [0.05, 0.1) is 10.1 Å². The molecule has 0 radical (unpaired) electrons. The zero-order valence-corrected chi connectivity index (χ0v) is 22.3. The van der Waals surface area contributed by atoms with Gasteiger partial charge in [-0.15, -0.1) is 11.8 Å². The van der Waals surface area contributed by atoms with Gasteiger partial charge < -0.3 is 9.73 Å². The van der Waals surface area contributed by atoms with Crippen molar-refractivity contribution in [1.29, 1.82) is 0 Å². The summed E-state index contributed by atoms with van der Waals surface area (Å²) in [6.07, 6.45) is 0. The number of anilines is 2. The van der Waals surface area contributed by atoms with Crippen molar-refractivity contribution in [2.24, 2.45) is 0 Å². The van der Waals surface area contributed by atoms with Crippen LogP contribution in [0, 0.1) is 6.92 Å². The Hall–Kier alpha value is -4.08. The van der Waals surface area contributed by atoms with Gasteiger partial charge in [0.25, 0.3) is 10.0 Å². The zero-order chi connectivity index (χ0) is 26.7. The summed E-state index contributed by atoms with van der Waals surface area (Å²) in [5, 5.41) is 2.56. The van der Waals surface area contributed by atoms with Gasteiger partial charge in [0.1, 0.15) is 5.52 Å². The Morgan fingerprint density at radius 1 is 0.868 bits per heavy atom. The summed E-state index contributed by atoms with van der Waals surface area (Å²) in [6, 6.07) is 28.5. The Morgan fingerprint density at radius 3 is 2.21 bits per heavy atom. The van der Waals surface area contributed by atoms with E-state index in [-0.39, 0.29) is 16.1 Å². The van der Waals surface area contributed by atoms with Gasteiger partial charge in [-0.3, -0.25) is 9.52 Å². The normalized spacial score (nSPS) is 12.3. The van der Waals surface area contributed by atoms with E-state index in [1.807, 2.05) is 62.4 Å². The Bertz CT molecular complexity index is 1650. The summed E-state index contributed by atoms with van der Waals surface area (Å²) in [5.74, 6) is 0.381. The van der Waals surface area contributed by atoms with Crippen LogP contribution < -0.4 is 10.0 Å². The molecule has 0 aliphatic rings. The number of carbonyl (C=O) groups excluding carboxylic acids is 1. The van der Waals surface area contributed by atoms with Crippen LogP contribution in [-0.4, -0.2) is 24.6 Å². The van der Waals surface area contributed by atoms with E-state index in [0.717, 1.165) is 27.1 Å². The lowest BCUT2D eigenvalue weighted by Crippen LogP contribution is -2.22. The van der Waals surface area contributed by atoms with Crippen molar-refractivity contribution in [3.63, 3.8) is 0 Å². The fourth-order valence-electron chi connectivity index (χ4n) is 3.73. The number of para-hydroxylation sites is 2. The van der Waals surface area contributed by atoms with E-state index in [4.69, 9.17) is 4.42 Å². The smallest absolute Gasteiger partial charge is 0.261 e. The van der Waals surface area contributed by atoms with Crippen LogP contribution in [0.3, 0.4) is 0 Å². The van der Waals surface area contributed by atoms with E-state index >= 15 is 0 Å². The molecule has 0 saturated carbocycles. The lowest BCUT2D eigenvalue weighted by atomic mass is 10.2. The van der Waals surface area contributed by atoms with Crippen molar-refractivity contribution in [2.45, 2.75) is 28.9 Å². The molecule has 1 unspecified atom stereocenters. The fraction of sp³-hybridized carbons (Fsp3) is 0.103. The topological polar surface area (TPSA) is 101 Å². The number of aromatic nitrogens is 1. The maximum absolute atomic E-state index is 12.8. The van der Waals surface area contributed by atoms with E-state index in [2.05, 4.69) is 15.0 Å². The van der Waals surface area contributed by atoms with Crippen LogP contribution in [0.15, 0.2) is 111 Å². The van der Waals surface area contributed by atoms with E-state index in [0.29, 0.717) is 17.3 Å². The van der Waals surface area contributed by atoms with Crippen LogP contribution in [0.2, 0.25) is 0 Å². The number of aryl methyl sites for hydroxylation is 1. The summed E-state index contributed by atoms with van der Waals surface area (Å²) >= 11 is 1.38. The minimum atomic E-state index is -3.67. The standard InChI is InChI=1S/C29H25N3O4S2/c1-19-7-17-25(18-8-19)38(34,35)32-23-13-15-24(16-14-23)37-20(2)28(33)30-22-11-9-21(10-12-22)29-31-26-5-3-4-6-27(26)36-29/h3-18,20,32H,1-2H3,(H,30,33). The van der Waals surface area contributed by atoms with Crippen molar-refractivity contribution in [3.05, 3.63) is 103 Å². The van der Waals surface area contributed by atoms with Gasteiger partial charge in [-0.05, 0) is 86.6 Å². The Morgan fingerprint density at radius 2 is 1.53 bits per heavy atom. The third-order valence-corrected chi connectivity index (χ3v) is 8.32. The first-order chi connectivity index (χ1) is 18.3. The molecule has 2 N–H and O–H groups in total. The molecule has 192 valence electrons. The minimum Gasteiger partial charge on any atom is -0.436 e. The number of fused-ring (bicyclic) bond motifs is 1. The molecule has 5 aromatic rings. The highest BCUT2D eigenvalue weighted by atomic mass is 32.2. The maximum Gasteiger partial charge on any atom is 0.261 e. The second-order valence-electron chi connectivity index (χ2n) is 8.76. The number of nitrogens with zero attached hydrogens (tertiary/aromatic N) is 1. The monoisotopic (exact) mass is 543 g/mol. The van der Waals surface area contributed by atoms with Crippen LogP contribution in [0.5, 0.6) is 0 Å². The summed E-state index contributed by atoms with van der Waals surface area (Å²) in [4.78, 5) is 18.3. The number of nitrogens with one attached hydrogen (secondary N) is 2. The van der Waals surface area contributed by atoms with Gasteiger partial charge >= 0.3 is 0 Å². The highest BCUT2D eigenvalue weighted by molar-refractivity contribution is 8.00. The number of hydrogen-bond acceptors (Lipinski definition) is 6. The molecule has 1 atom stereocenters. The average molecular weight is 544 g/mol. The van der Waals surface area contributed by atoms with Crippen LogP contribution in [-0.2, 0) is 14.8 Å². The molecule has 0 spiro atoms. The lowest BCUT2D eigenvalue weighted by molar-refractivity contribution is -0.115. The summed E-state index contributed by atoms with van der Waals surface area (Å²) in [7, 11) is -3.67. The highest BCUT2D eigenvalue weighted by Crippen LogP contribution is 2.28. The van der Waals surface area contributed by atoms with E-state index in [9.17, 15) is 13.2 Å². The molecule has 5 rings (SSSR count). The van der Waals surface area contributed by atoms with Gasteiger partial charge in [-0.2, -0.15) is 0 Å². The second kappa shape index (κ2) is 10.7. The number of oxazole rings is 1. The second-order valence-corrected chi connectivity index (χ2v) is 11.9. The molecule has 0 saturated heterocycles. The molecule has 0 aliphatic heterocycles. The quantitative estimate of drug-likeness (QED) is 0.211. The molecule has 4 aromatic carbocycles. The Kier molecular flexibility index (Phi) is 7.22. The van der Waals surface area contributed by atoms with E-state index in [1.165, 1.54) is 11.8 Å². The van der Waals surface area contributed by atoms with Gasteiger partial charge in [0, 0.05) is 21.8 Å². The molecule has 38 heavy (non-hydrogen) atoms. The first-order valence-corrected chi connectivity index (χ1v) is 14.3. The Balaban J connectivity index is 1.17. The van der Waals surface area contributed by atoms with Crippen LogP contribution in [0.4, 0.5) is 11.4 Å². The van der Waals surface area contributed by atoms with Gasteiger partial charge in [-0.1, -0.05) is 29.8 Å². The SMILES string of the molecule is Cc1ccc(S(=O)(=O)Nc2ccc(SC(C)C(=O)Nc3ccc(-c4nc5ccccc5o4)cc3)cc2)cc1. The number of sulfonamides is 1. The highest BCUT2D eigenvalue weighted by Gasteiger charge is 2.17. The van der Waals surface area contributed by atoms with Gasteiger partial charge in [0.15, 0.2) is 5.58 Å². The molecule has 1 amide bonds. The first kappa shape index (κ1) is 25.6. The summed E-state index contributed by atoms with van der Waals surface area (Å²) in [5.41, 5.74) is 4.44. The number of thioether (sulfide) groups is 1. The van der Waals surface area contributed by atoms with Crippen LogP contribution in [0.25, 0.3) is 22.6 Å². The third-order valence-electron chi connectivity index (χ3n) is 5.81. The van der Waals surface area contributed by atoms with Crippen molar-refractivity contribution < 1.29 is 17.6 Å². The number of rotatable bonds is 8. The van der Waals surface area contributed by atoms with Gasteiger partial charge in [0.2, 0.25) is 11.8 Å². The average Bonchev–Trinajstić information content (AvgIpc) is 3.35. The van der Waals surface area contributed by atoms with Crippen molar-refractivity contribution in [1.82, 2.24) is 4.98 Å². The lowest BCUT2D eigenvalue weighted by Gasteiger charge is -2.13. The molecule has 1 heterocycles. The Labute approximate surface area is 225 Å². The third kappa shape index (κ3) is 5.90. The number of carbonyl (C=O) groups is 1. The molecule has 9 heteroatoms. The minimum absolute atomic E-state index is 0.145. The molecule has 7 nitrogen and oxygen atoms in total. The number of amides is 1. The first-order valence-electron chi connectivity index (χ1n) is 11.9. The predicted molar refractivity (Wildman–Crippen MR) is 152 cm³/mol. The predicted octanol–water partition coefficient (Wildman–Crippen LogP) is 6.72. The molecule has 1 aromatic heterocycles. The summed E-state index contributed by atoms with van der Waals surface area (Å²) < 4.78 is 33.6. The van der Waals surface area contributed by atoms with Crippen molar-refractivity contribution in [3.8, 4) is 11.5 Å². The maximum atomic E-state index is 12.8. The fourth-order valence-corrected chi connectivity index (χ4v) is 5.65.